The molecule has 0 N–H and O–H groups in total. The van der Waals surface area contributed by atoms with Crippen LogP contribution in [0.1, 0.15) is 31.4 Å². The van der Waals surface area contributed by atoms with Crippen molar-refractivity contribution >= 4 is 17.6 Å². The monoisotopic (exact) mass is 228 g/mol. The van der Waals surface area contributed by atoms with Crippen molar-refractivity contribution in [2.75, 3.05) is 18.5 Å². The number of nitrogens with zero attached hydrogens (tertiary/aromatic N) is 2. The van der Waals surface area contributed by atoms with Crippen LogP contribution in [0.25, 0.3) is 0 Å². The molecule has 4 heteroatoms. The molecule has 0 unspecified atom stereocenters. The van der Waals surface area contributed by atoms with Gasteiger partial charge >= 0.3 is 0 Å². The SMILES string of the molecule is CN(CC1CCCC1)c1nc(CCl)co1. The first-order valence-electron chi connectivity index (χ1n) is 5.51. The lowest BCUT2D eigenvalue weighted by molar-refractivity contribution is 0.496. The predicted molar refractivity (Wildman–Crippen MR) is 61.3 cm³/mol. The molecule has 0 aromatic carbocycles. The third-order valence-electron chi connectivity index (χ3n) is 3.01. The molecule has 1 fully saturated rings. The molecule has 15 heavy (non-hydrogen) atoms. The molecule has 84 valence electrons. The van der Waals surface area contributed by atoms with E-state index < -0.39 is 0 Å². The quantitative estimate of drug-likeness (QED) is 0.742. The molecular weight excluding hydrogens is 212 g/mol. The molecule has 0 aliphatic heterocycles. The predicted octanol–water partition coefficient (Wildman–Crippen LogP) is 3.04. The van der Waals surface area contributed by atoms with Crippen LogP contribution >= 0.6 is 11.6 Å². The molecule has 1 aliphatic rings. The normalized spacial score (nSPS) is 17.2. The van der Waals surface area contributed by atoms with Crippen molar-refractivity contribution in [1.29, 1.82) is 0 Å². The maximum absolute atomic E-state index is 5.67. The van der Waals surface area contributed by atoms with Gasteiger partial charge in [0.25, 0.3) is 6.01 Å². The van der Waals surface area contributed by atoms with Crippen LogP contribution < -0.4 is 4.90 Å². The Balaban J connectivity index is 1.91. The highest BCUT2D eigenvalue weighted by atomic mass is 35.5. The van der Waals surface area contributed by atoms with Gasteiger partial charge in [0.05, 0.1) is 11.6 Å². The Morgan fingerprint density at radius 2 is 2.27 bits per heavy atom. The van der Waals surface area contributed by atoms with Crippen molar-refractivity contribution in [2.24, 2.45) is 5.92 Å². The summed E-state index contributed by atoms with van der Waals surface area (Å²) in [6, 6.07) is 0.692. The van der Waals surface area contributed by atoms with Gasteiger partial charge in [-0.2, -0.15) is 4.98 Å². The van der Waals surface area contributed by atoms with Crippen molar-refractivity contribution in [3.8, 4) is 0 Å². The molecule has 1 heterocycles. The maximum atomic E-state index is 5.67. The Bertz CT molecular complexity index is 307. The van der Waals surface area contributed by atoms with Crippen molar-refractivity contribution in [3.05, 3.63) is 12.0 Å². The van der Waals surface area contributed by atoms with Gasteiger partial charge in [-0.15, -0.1) is 11.6 Å². The Labute approximate surface area is 95.4 Å². The highest BCUT2D eigenvalue weighted by Crippen LogP contribution is 2.26. The summed E-state index contributed by atoms with van der Waals surface area (Å²) in [5, 5.41) is 0. The van der Waals surface area contributed by atoms with Gasteiger partial charge in [-0.1, -0.05) is 12.8 Å². The average Bonchev–Trinajstić information content (AvgIpc) is 2.86. The first-order valence-corrected chi connectivity index (χ1v) is 6.04. The molecule has 1 saturated carbocycles. The lowest BCUT2D eigenvalue weighted by Gasteiger charge is -2.18. The molecule has 0 atom stereocenters. The highest BCUT2D eigenvalue weighted by Gasteiger charge is 2.18. The zero-order valence-corrected chi connectivity index (χ0v) is 9.83. The van der Waals surface area contributed by atoms with E-state index in [2.05, 4.69) is 9.88 Å². The fraction of sp³-hybridized carbons (Fsp3) is 0.727. The second kappa shape index (κ2) is 4.88. The number of rotatable bonds is 4. The summed E-state index contributed by atoms with van der Waals surface area (Å²) in [7, 11) is 2.03. The fourth-order valence-electron chi connectivity index (χ4n) is 2.19. The van der Waals surface area contributed by atoms with Crippen LogP contribution in [0.4, 0.5) is 6.01 Å². The zero-order valence-electron chi connectivity index (χ0n) is 9.08. The van der Waals surface area contributed by atoms with Gasteiger partial charge in [-0.05, 0) is 18.8 Å². The van der Waals surface area contributed by atoms with Gasteiger partial charge in [0.1, 0.15) is 6.26 Å². The number of hydrogen-bond donors (Lipinski definition) is 0. The van der Waals surface area contributed by atoms with E-state index in [1.807, 2.05) is 7.05 Å². The number of anilines is 1. The molecule has 0 radical (unpaired) electrons. The first-order chi connectivity index (χ1) is 7.29. The number of aromatic nitrogens is 1. The summed E-state index contributed by atoms with van der Waals surface area (Å²) in [5.74, 6) is 1.22. The molecule has 0 saturated heterocycles. The van der Waals surface area contributed by atoms with Crippen LogP contribution in [0, 0.1) is 5.92 Å². The summed E-state index contributed by atoms with van der Waals surface area (Å²) in [5.41, 5.74) is 0.810. The van der Waals surface area contributed by atoms with Crippen LogP contribution in [0.5, 0.6) is 0 Å². The van der Waals surface area contributed by atoms with Crippen LogP contribution in [0.3, 0.4) is 0 Å². The lowest BCUT2D eigenvalue weighted by atomic mass is 10.1. The van der Waals surface area contributed by atoms with E-state index in [4.69, 9.17) is 16.0 Å². The Kier molecular flexibility index (Phi) is 3.52. The van der Waals surface area contributed by atoms with Crippen LogP contribution in [-0.2, 0) is 5.88 Å². The van der Waals surface area contributed by atoms with E-state index in [0.29, 0.717) is 11.9 Å². The van der Waals surface area contributed by atoms with Gasteiger partial charge < -0.3 is 9.32 Å². The summed E-state index contributed by atoms with van der Waals surface area (Å²) in [6.45, 7) is 1.04. The van der Waals surface area contributed by atoms with Crippen molar-refractivity contribution < 1.29 is 4.42 Å². The Morgan fingerprint density at radius 1 is 1.53 bits per heavy atom. The number of alkyl halides is 1. The van der Waals surface area contributed by atoms with Gasteiger partial charge in [0.2, 0.25) is 0 Å². The average molecular weight is 229 g/mol. The zero-order chi connectivity index (χ0) is 10.7. The number of halogens is 1. The van der Waals surface area contributed by atoms with Crippen molar-refractivity contribution in [1.82, 2.24) is 4.98 Å². The Morgan fingerprint density at radius 3 is 2.87 bits per heavy atom. The highest BCUT2D eigenvalue weighted by molar-refractivity contribution is 6.16. The smallest absolute Gasteiger partial charge is 0.297 e. The number of hydrogen-bond acceptors (Lipinski definition) is 3. The van der Waals surface area contributed by atoms with E-state index in [-0.39, 0.29) is 0 Å². The Hall–Kier alpha value is -0.700. The van der Waals surface area contributed by atoms with Gasteiger partial charge in [0.15, 0.2) is 0 Å². The molecule has 1 aliphatic carbocycles. The standard InChI is InChI=1S/C11H17ClN2O/c1-14(7-9-4-2-3-5-9)11-13-10(6-12)8-15-11/h8-9H,2-7H2,1H3. The first kappa shape index (κ1) is 10.8. The maximum Gasteiger partial charge on any atom is 0.297 e. The van der Waals surface area contributed by atoms with E-state index in [1.54, 1.807) is 6.26 Å². The molecule has 3 nitrogen and oxygen atoms in total. The summed E-state index contributed by atoms with van der Waals surface area (Å²) in [4.78, 5) is 6.39. The minimum Gasteiger partial charge on any atom is -0.432 e. The van der Waals surface area contributed by atoms with E-state index in [9.17, 15) is 0 Å². The molecule has 2 rings (SSSR count). The third kappa shape index (κ3) is 2.65. The van der Waals surface area contributed by atoms with E-state index in [0.717, 1.165) is 18.2 Å². The lowest BCUT2D eigenvalue weighted by Crippen LogP contribution is -2.24. The van der Waals surface area contributed by atoms with Gasteiger partial charge in [-0.25, -0.2) is 0 Å². The second-order valence-corrected chi connectivity index (χ2v) is 4.55. The second-order valence-electron chi connectivity index (χ2n) is 4.29. The molecule has 0 bridgehead atoms. The summed E-state index contributed by atoms with van der Waals surface area (Å²) < 4.78 is 5.36. The third-order valence-corrected chi connectivity index (χ3v) is 3.28. The summed E-state index contributed by atoms with van der Waals surface area (Å²) in [6.07, 6.45) is 7.06. The van der Waals surface area contributed by atoms with Crippen LogP contribution in [0.15, 0.2) is 10.7 Å². The van der Waals surface area contributed by atoms with Crippen LogP contribution in [0.2, 0.25) is 0 Å². The topological polar surface area (TPSA) is 29.3 Å². The molecule has 0 spiro atoms. The minimum absolute atomic E-state index is 0.417. The number of oxazole rings is 1. The largest absolute Gasteiger partial charge is 0.432 e. The summed E-state index contributed by atoms with van der Waals surface area (Å²) >= 11 is 5.67. The van der Waals surface area contributed by atoms with Gasteiger partial charge in [-0.3, -0.25) is 0 Å². The van der Waals surface area contributed by atoms with Crippen molar-refractivity contribution in [2.45, 2.75) is 31.6 Å². The van der Waals surface area contributed by atoms with E-state index in [1.165, 1.54) is 25.7 Å². The molecule has 1 aromatic heterocycles. The molecule has 0 amide bonds. The van der Waals surface area contributed by atoms with E-state index >= 15 is 0 Å². The minimum atomic E-state index is 0.417. The van der Waals surface area contributed by atoms with Gasteiger partial charge in [0, 0.05) is 13.6 Å². The fourth-order valence-corrected chi connectivity index (χ4v) is 2.31. The van der Waals surface area contributed by atoms with Crippen LogP contribution in [-0.4, -0.2) is 18.6 Å². The molecule has 1 aromatic rings. The van der Waals surface area contributed by atoms with Crippen molar-refractivity contribution in [3.63, 3.8) is 0 Å². The molecular formula is C11H17ClN2O.